The van der Waals surface area contributed by atoms with Crippen molar-refractivity contribution < 1.29 is 14.4 Å². The molecule has 1 fully saturated rings. The van der Waals surface area contributed by atoms with Crippen molar-refractivity contribution >= 4 is 23.4 Å². The average molecular weight is 457 g/mol. The first-order chi connectivity index (χ1) is 16.1. The number of hydrogen-bond acceptors (Lipinski definition) is 3. The Labute approximate surface area is 201 Å². The van der Waals surface area contributed by atoms with E-state index in [4.69, 9.17) is 5.73 Å². The summed E-state index contributed by atoms with van der Waals surface area (Å²) >= 11 is 0. The molecule has 1 saturated heterocycles. The Morgan fingerprint density at radius 1 is 0.853 bits per heavy atom. The molecule has 1 aliphatic carbocycles. The van der Waals surface area contributed by atoms with Crippen LogP contribution in [0.1, 0.15) is 57.7 Å². The van der Waals surface area contributed by atoms with Crippen molar-refractivity contribution in [2.24, 2.45) is 5.73 Å². The maximum atomic E-state index is 12.9. The molecule has 1 heterocycles. The van der Waals surface area contributed by atoms with Crippen molar-refractivity contribution in [3.63, 3.8) is 0 Å². The van der Waals surface area contributed by atoms with Gasteiger partial charge in [0.15, 0.2) is 0 Å². The number of carbonyl (C=O) groups is 3. The molecule has 2 aliphatic rings. The number of fused-ring (bicyclic) bond motifs is 1. The molecule has 0 bridgehead atoms. The van der Waals surface area contributed by atoms with Crippen LogP contribution in [0.15, 0.2) is 83.5 Å². The molecule has 0 saturated carbocycles. The normalized spacial score (nSPS) is 15.4. The van der Waals surface area contributed by atoms with Crippen LogP contribution in [0.2, 0.25) is 0 Å². The third kappa shape index (κ3) is 5.09. The van der Waals surface area contributed by atoms with Gasteiger partial charge in [-0.1, -0.05) is 83.2 Å². The minimum absolute atomic E-state index is 0.118. The molecule has 0 aromatic heterocycles. The van der Waals surface area contributed by atoms with Crippen molar-refractivity contribution in [3.05, 3.63) is 100 Å². The molecular formula is C29H32N2O3. The highest BCUT2D eigenvalue weighted by atomic mass is 16.2. The Kier molecular flexibility index (Phi) is 7.35. The summed E-state index contributed by atoms with van der Waals surface area (Å²) in [6.07, 6.45) is 5.62. The predicted molar refractivity (Wildman–Crippen MR) is 136 cm³/mol. The fourth-order valence-corrected chi connectivity index (χ4v) is 3.92. The van der Waals surface area contributed by atoms with Gasteiger partial charge in [0, 0.05) is 11.1 Å². The van der Waals surface area contributed by atoms with E-state index in [0.717, 1.165) is 12.0 Å². The summed E-state index contributed by atoms with van der Waals surface area (Å²) in [5.74, 6) is -1.33. The van der Waals surface area contributed by atoms with E-state index in [2.05, 4.69) is 45.0 Å². The topological polar surface area (TPSA) is 80.5 Å². The molecule has 5 nitrogen and oxygen atoms in total. The molecule has 176 valence electrons. The Morgan fingerprint density at radius 3 is 1.91 bits per heavy atom. The molecule has 3 amide bonds. The third-order valence-corrected chi connectivity index (χ3v) is 5.87. The number of rotatable bonds is 4. The van der Waals surface area contributed by atoms with E-state index < -0.39 is 11.8 Å². The van der Waals surface area contributed by atoms with E-state index in [-0.39, 0.29) is 23.3 Å². The lowest BCUT2D eigenvalue weighted by atomic mass is 9.86. The zero-order valence-corrected chi connectivity index (χ0v) is 20.5. The molecule has 1 aliphatic heterocycles. The number of hydrogen-bond donors (Lipinski definition) is 1. The number of allylic oxidation sites excluding steroid dienone is 3. The molecule has 5 heteroatoms. The molecule has 0 radical (unpaired) electrons. The quantitative estimate of drug-likeness (QED) is 0.647. The number of carbonyl (C=O) groups excluding carboxylic acids is 3. The minimum atomic E-state index is -0.556. The van der Waals surface area contributed by atoms with Gasteiger partial charge in [-0.25, -0.2) is 4.90 Å². The Balaban J connectivity index is 0.00000158. The highest BCUT2D eigenvalue weighted by Gasteiger charge is 2.39. The molecule has 0 unspecified atom stereocenters. The fraction of sp³-hybridized carbons (Fsp3) is 0.276. The van der Waals surface area contributed by atoms with Crippen LogP contribution >= 0.6 is 0 Å². The van der Waals surface area contributed by atoms with E-state index >= 15 is 0 Å². The first-order valence-corrected chi connectivity index (χ1v) is 11.6. The number of primary amides is 1. The van der Waals surface area contributed by atoms with E-state index in [9.17, 15) is 14.4 Å². The second-order valence-corrected chi connectivity index (χ2v) is 9.19. The smallest absolute Gasteiger partial charge is 0.266 e. The van der Waals surface area contributed by atoms with Crippen LogP contribution in [-0.2, 0) is 26.2 Å². The summed E-state index contributed by atoms with van der Waals surface area (Å²) in [6, 6.07) is 16.1. The lowest BCUT2D eigenvalue weighted by Gasteiger charge is -2.19. The molecule has 2 aromatic carbocycles. The van der Waals surface area contributed by atoms with Crippen molar-refractivity contribution in [2.45, 2.75) is 52.9 Å². The van der Waals surface area contributed by atoms with E-state index in [1.807, 2.05) is 26.0 Å². The summed E-state index contributed by atoms with van der Waals surface area (Å²) in [7, 11) is 0. The molecule has 2 N–H and O–H groups in total. The Morgan fingerprint density at radius 2 is 1.38 bits per heavy atom. The average Bonchev–Trinajstić information content (AvgIpc) is 2.96. The number of anilines is 1. The Hall–Kier alpha value is -3.73. The Bertz CT molecular complexity index is 1190. The van der Waals surface area contributed by atoms with Crippen LogP contribution in [0.3, 0.4) is 0 Å². The summed E-state index contributed by atoms with van der Waals surface area (Å²) in [4.78, 5) is 38.4. The van der Waals surface area contributed by atoms with Gasteiger partial charge >= 0.3 is 0 Å². The summed E-state index contributed by atoms with van der Waals surface area (Å²) in [5.41, 5.74) is 10.5. The second-order valence-electron chi connectivity index (χ2n) is 9.19. The molecule has 4 rings (SSSR count). The van der Waals surface area contributed by atoms with E-state index in [1.165, 1.54) is 28.2 Å². The molecular weight excluding hydrogens is 424 g/mol. The molecule has 2 aromatic rings. The van der Waals surface area contributed by atoms with E-state index in [1.54, 1.807) is 18.2 Å². The predicted octanol–water partition coefficient (Wildman–Crippen LogP) is 5.14. The highest BCUT2D eigenvalue weighted by molar-refractivity contribution is 6.37. The van der Waals surface area contributed by atoms with Crippen molar-refractivity contribution in [1.82, 2.24) is 0 Å². The number of amides is 3. The van der Waals surface area contributed by atoms with Gasteiger partial charge in [0.1, 0.15) is 0 Å². The number of imide groups is 1. The largest absolute Gasteiger partial charge is 0.366 e. The first kappa shape index (κ1) is 24.9. The van der Waals surface area contributed by atoms with Crippen LogP contribution in [0.4, 0.5) is 5.69 Å². The molecule has 0 atom stereocenters. The standard InChI is InChI=1S/C27H26N2O3.C2H6/c1-27(2,3)20-10-4-17(5-11-20)16-18-6-12-21(13-7-18)29-25(31)22-14-8-19(24(28)30)9-15-23(22)26(29)32;1-2/h4-8,10-15H,9,16H2,1-3H3,(H2,28,30);1-2H3. The number of nitrogens with two attached hydrogens (primary N) is 1. The highest BCUT2D eigenvalue weighted by Crippen LogP contribution is 2.33. The monoisotopic (exact) mass is 456 g/mol. The second kappa shape index (κ2) is 10.0. The van der Waals surface area contributed by atoms with Gasteiger partial charge in [0.05, 0.1) is 11.3 Å². The van der Waals surface area contributed by atoms with Gasteiger partial charge in [0.25, 0.3) is 11.8 Å². The van der Waals surface area contributed by atoms with E-state index in [0.29, 0.717) is 16.8 Å². The summed E-state index contributed by atoms with van der Waals surface area (Å²) in [6.45, 7) is 10.6. The number of benzene rings is 2. The number of nitrogens with zero attached hydrogens (tertiary/aromatic N) is 1. The van der Waals surface area contributed by atoms with Gasteiger partial charge in [-0.05, 0) is 53.2 Å². The van der Waals surface area contributed by atoms with Crippen LogP contribution in [0.25, 0.3) is 0 Å². The lowest BCUT2D eigenvalue weighted by molar-refractivity contribution is -0.120. The van der Waals surface area contributed by atoms with Crippen molar-refractivity contribution in [2.75, 3.05) is 4.90 Å². The third-order valence-electron chi connectivity index (χ3n) is 5.87. The van der Waals surface area contributed by atoms with Crippen molar-refractivity contribution in [3.8, 4) is 0 Å². The zero-order valence-electron chi connectivity index (χ0n) is 20.5. The van der Waals surface area contributed by atoms with Gasteiger partial charge in [-0.3, -0.25) is 14.4 Å². The van der Waals surface area contributed by atoms with Gasteiger partial charge in [0.2, 0.25) is 5.91 Å². The maximum Gasteiger partial charge on any atom is 0.266 e. The van der Waals surface area contributed by atoms with Crippen molar-refractivity contribution in [1.29, 1.82) is 0 Å². The van der Waals surface area contributed by atoms with Gasteiger partial charge in [-0.15, -0.1) is 0 Å². The van der Waals surface area contributed by atoms with Crippen LogP contribution < -0.4 is 10.6 Å². The fourth-order valence-electron chi connectivity index (χ4n) is 3.92. The van der Waals surface area contributed by atoms with Gasteiger partial charge < -0.3 is 5.73 Å². The van der Waals surface area contributed by atoms with Crippen LogP contribution in [0, 0.1) is 0 Å². The summed E-state index contributed by atoms with van der Waals surface area (Å²) in [5, 5.41) is 0. The summed E-state index contributed by atoms with van der Waals surface area (Å²) < 4.78 is 0. The van der Waals surface area contributed by atoms with Crippen LogP contribution in [-0.4, -0.2) is 17.7 Å². The maximum absolute atomic E-state index is 12.9. The minimum Gasteiger partial charge on any atom is -0.366 e. The van der Waals surface area contributed by atoms with Gasteiger partial charge in [-0.2, -0.15) is 0 Å². The molecule has 34 heavy (non-hydrogen) atoms. The zero-order chi connectivity index (χ0) is 25.0. The SMILES string of the molecule is CC.CC(C)(C)c1ccc(Cc2ccc(N3C(=O)C4=CC=C(C(N)=O)CC=C4C3=O)cc2)cc1. The molecule has 0 spiro atoms. The first-order valence-electron chi connectivity index (χ1n) is 11.6. The lowest BCUT2D eigenvalue weighted by Crippen LogP contribution is -2.29. The van der Waals surface area contributed by atoms with Crippen LogP contribution in [0.5, 0.6) is 0 Å².